The van der Waals surface area contributed by atoms with E-state index in [2.05, 4.69) is 4.74 Å². The zero-order valence-corrected chi connectivity index (χ0v) is 11.4. The van der Waals surface area contributed by atoms with Gasteiger partial charge in [-0.3, -0.25) is 4.79 Å². The molecule has 0 aliphatic carbocycles. The van der Waals surface area contributed by atoms with Gasteiger partial charge in [0.05, 0.1) is 6.61 Å². The maximum atomic E-state index is 9.98. The maximum absolute atomic E-state index is 9.98. The van der Waals surface area contributed by atoms with Crippen LogP contribution in [0, 0.1) is 0 Å². The number of hydrogen-bond donors (Lipinski definition) is 1. The zero-order valence-electron chi connectivity index (χ0n) is 11.4. The van der Waals surface area contributed by atoms with Crippen molar-refractivity contribution in [3.63, 3.8) is 0 Å². The van der Waals surface area contributed by atoms with E-state index >= 15 is 0 Å². The third-order valence-electron chi connectivity index (χ3n) is 1.01. The summed E-state index contributed by atoms with van der Waals surface area (Å²) in [5, 5.41) is 8.06. The van der Waals surface area contributed by atoms with Gasteiger partial charge in [-0.25, -0.2) is 0 Å². The van der Waals surface area contributed by atoms with Crippen molar-refractivity contribution in [1.29, 1.82) is 0 Å². The predicted molar refractivity (Wildman–Crippen MR) is 65.3 cm³/mol. The Hall–Kier alpha value is -0.900. The van der Waals surface area contributed by atoms with Gasteiger partial charge in [0.1, 0.15) is 5.78 Å². The van der Waals surface area contributed by atoms with Gasteiger partial charge < -0.3 is 14.6 Å². The summed E-state index contributed by atoms with van der Waals surface area (Å²) in [6.07, 6.45) is 1.40. The van der Waals surface area contributed by atoms with E-state index in [0.29, 0.717) is 13.0 Å². The third-order valence-corrected chi connectivity index (χ3v) is 1.01. The fourth-order valence-electron chi connectivity index (χ4n) is 0.246. The van der Waals surface area contributed by atoms with E-state index in [4.69, 9.17) is 5.11 Å². The topological polar surface area (TPSA) is 63.6 Å². The van der Waals surface area contributed by atoms with Crippen molar-refractivity contribution in [3.05, 3.63) is 0 Å². The van der Waals surface area contributed by atoms with E-state index in [9.17, 15) is 9.59 Å². The standard InChI is InChI=1S/C5H10O2.C4H8O.C3H8O/c1-3-4-7-5(2)6;1-3-4(2)5;1-3(2)4/h3-4H2,1-2H3;3H2,1-2H3;3-4H,1-2H3. The summed E-state index contributed by atoms with van der Waals surface area (Å²) in [4.78, 5) is 19.8. The smallest absolute Gasteiger partial charge is 0.302 e. The highest BCUT2D eigenvalue weighted by molar-refractivity contribution is 5.74. The van der Waals surface area contributed by atoms with Gasteiger partial charge in [0, 0.05) is 19.4 Å². The quantitative estimate of drug-likeness (QED) is 0.761. The molecule has 0 aliphatic heterocycles. The molecule has 0 unspecified atom stereocenters. The molecular formula is C12H26O4. The minimum Gasteiger partial charge on any atom is -0.466 e. The predicted octanol–water partition coefficient (Wildman–Crippen LogP) is 2.33. The van der Waals surface area contributed by atoms with E-state index in [-0.39, 0.29) is 17.9 Å². The number of carbonyl (C=O) groups excluding carboxylic acids is 2. The molecule has 4 nitrogen and oxygen atoms in total. The first-order valence-corrected chi connectivity index (χ1v) is 5.58. The molecule has 0 aromatic heterocycles. The lowest BCUT2D eigenvalue weighted by Gasteiger charge is -1.93. The molecule has 0 aliphatic rings. The maximum Gasteiger partial charge on any atom is 0.302 e. The molecule has 0 amide bonds. The van der Waals surface area contributed by atoms with Gasteiger partial charge in [-0.1, -0.05) is 13.8 Å². The summed E-state index contributed by atoms with van der Waals surface area (Å²) in [5.41, 5.74) is 0. The summed E-state index contributed by atoms with van der Waals surface area (Å²) in [6, 6.07) is 0. The fourth-order valence-corrected chi connectivity index (χ4v) is 0.246. The normalized spacial score (nSPS) is 8.25. The molecule has 0 aromatic carbocycles. The van der Waals surface area contributed by atoms with Crippen molar-refractivity contribution in [2.45, 2.75) is 60.5 Å². The first kappa shape index (κ1) is 20.5. The third kappa shape index (κ3) is 73.7. The van der Waals surface area contributed by atoms with Gasteiger partial charge >= 0.3 is 5.97 Å². The van der Waals surface area contributed by atoms with Crippen molar-refractivity contribution in [3.8, 4) is 0 Å². The van der Waals surface area contributed by atoms with Crippen LogP contribution in [0.25, 0.3) is 0 Å². The van der Waals surface area contributed by atoms with Crippen LogP contribution in [-0.4, -0.2) is 29.6 Å². The van der Waals surface area contributed by atoms with E-state index < -0.39 is 0 Å². The van der Waals surface area contributed by atoms with Crippen LogP contribution in [0.5, 0.6) is 0 Å². The van der Waals surface area contributed by atoms with Gasteiger partial charge in [0.2, 0.25) is 0 Å². The zero-order chi connectivity index (χ0) is 13.6. The first-order chi connectivity index (χ1) is 7.27. The Balaban J connectivity index is -0.000000166. The highest BCUT2D eigenvalue weighted by Crippen LogP contribution is 1.78. The Labute approximate surface area is 99.0 Å². The molecule has 1 N–H and O–H groups in total. The van der Waals surface area contributed by atoms with Crippen LogP contribution in [0.2, 0.25) is 0 Å². The molecule has 0 bridgehead atoms. The Morgan fingerprint density at radius 1 is 1.19 bits per heavy atom. The van der Waals surface area contributed by atoms with E-state index in [1.807, 2.05) is 13.8 Å². The lowest BCUT2D eigenvalue weighted by atomic mass is 10.4. The van der Waals surface area contributed by atoms with Crippen LogP contribution in [0.3, 0.4) is 0 Å². The van der Waals surface area contributed by atoms with Crippen LogP contribution >= 0.6 is 0 Å². The molecule has 0 atom stereocenters. The lowest BCUT2D eigenvalue weighted by molar-refractivity contribution is -0.140. The minimum absolute atomic E-state index is 0.167. The number of ether oxygens (including phenoxy) is 1. The number of Topliss-reactive ketones (excluding diaryl/α,β-unsaturated/α-hetero) is 1. The number of rotatable bonds is 3. The van der Waals surface area contributed by atoms with Crippen molar-refractivity contribution >= 4 is 11.8 Å². The summed E-state index contributed by atoms with van der Waals surface area (Å²) in [5.74, 6) is 0.0619. The summed E-state index contributed by atoms with van der Waals surface area (Å²) in [6.45, 7) is 10.8. The van der Waals surface area contributed by atoms with Crippen molar-refractivity contribution in [2.24, 2.45) is 0 Å². The molecule has 0 rings (SSSR count). The van der Waals surface area contributed by atoms with Gasteiger partial charge in [-0.15, -0.1) is 0 Å². The second-order valence-corrected chi connectivity index (χ2v) is 3.49. The fraction of sp³-hybridized carbons (Fsp3) is 0.833. The van der Waals surface area contributed by atoms with Crippen LogP contribution < -0.4 is 0 Å². The van der Waals surface area contributed by atoms with Gasteiger partial charge in [0.15, 0.2) is 0 Å². The number of ketones is 1. The molecule has 0 heterocycles. The molecule has 0 aromatic rings. The van der Waals surface area contributed by atoms with E-state index in [1.165, 1.54) is 6.92 Å². The number of aliphatic hydroxyl groups is 1. The first-order valence-electron chi connectivity index (χ1n) is 5.58. The molecule has 0 radical (unpaired) electrons. The lowest BCUT2D eigenvalue weighted by Crippen LogP contribution is -1.98. The van der Waals surface area contributed by atoms with Crippen molar-refractivity contribution in [1.82, 2.24) is 0 Å². The Morgan fingerprint density at radius 3 is 1.56 bits per heavy atom. The van der Waals surface area contributed by atoms with Crippen LogP contribution in [0.1, 0.15) is 54.4 Å². The monoisotopic (exact) mass is 234 g/mol. The molecule has 16 heavy (non-hydrogen) atoms. The van der Waals surface area contributed by atoms with E-state index in [1.54, 1.807) is 20.8 Å². The summed E-state index contributed by atoms with van der Waals surface area (Å²) < 4.78 is 4.55. The molecule has 0 spiro atoms. The summed E-state index contributed by atoms with van der Waals surface area (Å²) >= 11 is 0. The van der Waals surface area contributed by atoms with Crippen molar-refractivity contribution in [2.75, 3.05) is 6.61 Å². The molecule has 0 saturated heterocycles. The molecule has 0 fully saturated rings. The Bertz CT molecular complexity index is 162. The van der Waals surface area contributed by atoms with Gasteiger partial charge in [0.25, 0.3) is 0 Å². The molecule has 4 heteroatoms. The largest absolute Gasteiger partial charge is 0.466 e. The van der Waals surface area contributed by atoms with Crippen molar-refractivity contribution < 1.29 is 19.4 Å². The highest BCUT2D eigenvalue weighted by Gasteiger charge is 1.85. The van der Waals surface area contributed by atoms with Crippen LogP contribution in [0.15, 0.2) is 0 Å². The highest BCUT2D eigenvalue weighted by atomic mass is 16.5. The number of esters is 1. The van der Waals surface area contributed by atoms with E-state index in [0.717, 1.165) is 6.42 Å². The second-order valence-electron chi connectivity index (χ2n) is 3.49. The molecule has 98 valence electrons. The SMILES string of the molecule is CC(C)O.CCC(C)=O.CCCOC(C)=O. The summed E-state index contributed by atoms with van der Waals surface area (Å²) in [7, 11) is 0. The molecule has 0 saturated carbocycles. The van der Waals surface area contributed by atoms with Gasteiger partial charge in [-0.05, 0) is 27.2 Å². The molecular weight excluding hydrogens is 208 g/mol. The minimum atomic E-state index is -0.193. The average molecular weight is 234 g/mol. The van der Waals surface area contributed by atoms with Crippen LogP contribution in [0.4, 0.5) is 0 Å². The van der Waals surface area contributed by atoms with Crippen LogP contribution in [-0.2, 0) is 14.3 Å². The number of hydrogen-bond acceptors (Lipinski definition) is 4. The number of aliphatic hydroxyl groups excluding tert-OH is 1. The average Bonchev–Trinajstić information content (AvgIpc) is 2.14. The Morgan fingerprint density at radius 2 is 1.50 bits per heavy atom. The van der Waals surface area contributed by atoms with Gasteiger partial charge in [-0.2, -0.15) is 0 Å². The number of carbonyl (C=O) groups is 2. The Kier molecular flexibility index (Phi) is 21.2. The second kappa shape index (κ2) is 16.5.